The van der Waals surface area contributed by atoms with E-state index in [1.54, 1.807) is 6.07 Å². The molecule has 0 radical (unpaired) electrons. The molecule has 9 heteroatoms. The highest BCUT2D eigenvalue weighted by atomic mass is 79.9. The van der Waals surface area contributed by atoms with Crippen molar-refractivity contribution in [2.75, 3.05) is 5.75 Å². The number of carbonyl (C=O) groups excluding carboxylic acids is 1. The van der Waals surface area contributed by atoms with Crippen LogP contribution in [0.1, 0.15) is 24.9 Å². The highest BCUT2D eigenvalue weighted by Crippen LogP contribution is 2.26. The smallest absolute Gasteiger partial charge is 0.250 e. The Morgan fingerprint density at radius 2 is 2.07 bits per heavy atom. The maximum Gasteiger partial charge on any atom is 0.250 e. The Balaban J connectivity index is 1.66. The minimum absolute atomic E-state index is 0.167. The first-order valence-electron chi connectivity index (χ1n) is 9.27. The van der Waals surface area contributed by atoms with E-state index < -0.39 is 0 Å². The summed E-state index contributed by atoms with van der Waals surface area (Å²) in [6.07, 6.45) is 2.27. The third-order valence-corrected chi connectivity index (χ3v) is 5.55. The van der Waals surface area contributed by atoms with Crippen LogP contribution < -0.4 is 5.43 Å². The molecule has 0 spiro atoms. The number of thioether (sulfide) groups is 1. The van der Waals surface area contributed by atoms with Gasteiger partial charge in [0.1, 0.15) is 11.5 Å². The molecule has 0 aliphatic rings. The second kappa shape index (κ2) is 10.4. The van der Waals surface area contributed by atoms with E-state index in [1.807, 2.05) is 48.7 Å². The molecule has 0 fully saturated rings. The van der Waals surface area contributed by atoms with Crippen LogP contribution in [0, 0.1) is 6.92 Å². The topological polar surface area (TPSA) is 85.3 Å². The Labute approximate surface area is 187 Å². The lowest BCUT2D eigenvalue weighted by Gasteiger charge is -2.10. The molecule has 30 heavy (non-hydrogen) atoms. The zero-order valence-electron chi connectivity index (χ0n) is 16.8. The first kappa shape index (κ1) is 22.0. The van der Waals surface area contributed by atoms with Gasteiger partial charge in [-0.15, -0.1) is 16.8 Å². The highest BCUT2D eigenvalue weighted by molar-refractivity contribution is 9.10. The second-order valence-corrected chi connectivity index (χ2v) is 8.56. The second-order valence-electron chi connectivity index (χ2n) is 6.70. The molecule has 1 aromatic carbocycles. The largest absolute Gasteiger partial charge is 0.460 e. The van der Waals surface area contributed by atoms with Crippen LogP contribution >= 0.6 is 27.7 Å². The molecule has 1 amide bonds. The molecule has 0 saturated carbocycles. The van der Waals surface area contributed by atoms with Crippen LogP contribution in [0.4, 0.5) is 0 Å². The van der Waals surface area contributed by atoms with Gasteiger partial charge in [-0.3, -0.25) is 4.79 Å². The summed E-state index contributed by atoms with van der Waals surface area (Å²) in [4.78, 5) is 12.2. The minimum Gasteiger partial charge on any atom is -0.460 e. The first-order chi connectivity index (χ1) is 14.4. The quantitative estimate of drug-likeness (QED) is 0.202. The minimum atomic E-state index is -0.237. The van der Waals surface area contributed by atoms with Crippen LogP contribution in [0.2, 0.25) is 0 Å². The predicted octanol–water partition coefficient (Wildman–Crippen LogP) is 4.82. The van der Waals surface area contributed by atoms with Crippen molar-refractivity contribution in [3.63, 3.8) is 0 Å². The molecule has 7 nitrogen and oxygen atoms in total. The summed E-state index contributed by atoms with van der Waals surface area (Å²) in [7, 11) is 0. The Hall–Kier alpha value is -2.65. The number of allylic oxidation sites excluding steroid dienone is 1. The number of furan rings is 1. The third kappa shape index (κ3) is 6.17. The zero-order valence-corrected chi connectivity index (χ0v) is 19.2. The van der Waals surface area contributed by atoms with Gasteiger partial charge in [0.2, 0.25) is 0 Å². The van der Waals surface area contributed by atoms with Gasteiger partial charge in [0.05, 0.1) is 12.0 Å². The molecule has 2 heterocycles. The summed E-state index contributed by atoms with van der Waals surface area (Å²) in [5.74, 6) is 2.06. The number of nitrogens with one attached hydrogen (secondary N) is 1. The van der Waals surface area contributed by atoms with Crippen molar-refractivity contribution in [3.8, 4) is 11.4 Å². The Morgan fingerprint density at radius 1 is 1.30 bits per heavy atom. The van der Waals surface area contributed by atoms with Crippen molar-refractivity contribution in [3.05, 3.63) is 64.5 Å². The summed E-state index contributed by atoms with van der Waals surface area (Å²) in [5, 5.41) is 13.2. The highest BCUT2D eigenvalue weighted by Gasteiger charge is 2.15. The van der Waals surface area contributed by atoms with Crippen molar-refractivity contribution >= 4 is 39.8 Å². The summed E-state index contributed by atoms with van der Waals surface area (Å²) in [5.41, 5.74) is 4.53. The monoisotopic (exact) mass is 487 g/mol. The molecule has 0 saturated heterocycles. The number of aromatic nitrogens is 3. The predicted molar refractivity (Wildman–Crippen MR) is 122 cm³/mol. The van der Waals surface area contributed by atoms with Gasteiger partial charge in [-0.2, -0.15) is 5.10 Å². The number of nitrogens with zero attached hydrogens (tertiary/aromatic N) is 4. The van der Waals surface area contributed by atoms with Gasteiger partial charge in [0.15, 0.2) is 11.0 Å². The van der Waals surface area contributed by atoms with E-state index in [-0.39, 0.29) is 11.7 Å². The normalized spacial score (nSPS) is 11.2. The number of hydrogen-bond donors (Lipinski definition) is 1. The molecule has 2 aromatic heterocycles. The summed E-state index contributed by atoms with van der Waals surface area (Å²) < 4.78 is 8.39. The SMILES string of the molecule is C=C(C)CCn1c(SCC(=O)NN=Cc2ccc(C)o2)nnc1-c1ccc(Br)cc1. The van der Waals surface area contributed by atoms with Crippen molar-refractivity contribution in [1.82, 2.24) is 20.2 Å². The molecule has 156 valence electrons. The van der Waals surface area contributed by atoms with E-state index in [9.17, 15) is 4.79 Å². The molecule has 1 N–H and O–H groups in total. The van der Waals surface area contributed by atoms with E-state index >= 15 is 0 Å². The molecule has 0 unspecified atom stereocenters. The lowest BCUT2D eigenvalue weighted by Crippen LogP contribution is -2.20. The summed E-state index contributed by atoms with van der Waals surface area (Å²) >= 11 is 4.77. The van der Waals surface area contributed by atoms with Gasteiger partial charge in [0.25, 0.3) is 5.91 Å². The molecule has 3 rings (SSSR count). The van der Waals surface area contributed by atoms with Gasteiger partial charge in [-0.25, -0.2) is 5.43 Å². The standard InChI is InChI=1S/C21H22BrN5O2S/c1-14(2)10-11-27-20(16-5-7-17(22)8-6-16)25-26-21(27)30-13-19(28)24-23-12-18-9-4-15(3)29-18/h4-9,12H,1,10-11,13H2,2-3H3,(H,24,28). The summed E-state index contributed by atoms with van der Waals surface area (Å²) in [6, 6.07) is 11.5. The summed E-state index contributed by atoms with van der Waals surface area (Å²) in [6.45, 7) is 8.50. The van der Waals surface area contributed by atoms with Crippen LogP contribution in [-0.2, 0) is 11.3 Å². The average Bonchev–Trinajstić information content (AvgIpc) is 3.31. The van der Waals surface area contributed by atoms with Crippen LogP contribution in [0.5, 0.6) is 0 Å². The van der Waals surface area contributed by atoms with E-state index in [0.29, 0.717) is 17.5 Å². The van der Waals surface area contributed by atoms with Gasteiger partial charge < -0.3 is 8.98 Å². The van der Waals surface area contributed by atoms with E-state index in [4.69, 9.17) is 4.42 Å². The maximum absolute atomic E-state index is 12.2. The number of hydrogen-bond acceptors (Lipinski definition) is 6. The fraction of sp³-hybridized carbons (Fsp3) is 0.238. The molecule has 0 atom stereocenters. The van der Waals surface area contributed by atoms with Crippen LogP contribution in [-0.4, -0.2) is 32.6 Å². The van der Waals surface area contributed by atoms with Crippen molar-refractivity contribution < 1.29 is 9.21 Å². The van der Waals surface area contributed by atoms with Crippen molar-refractivity contribution in [1.29, 1.82) is 0 Å². The Kier molecular flexibility index (Phi) is 7.64. The van der Waals surface area contributed by atoms with Gasteiger partial charge in [-0.05, 0) is 44.5 Å². The number of aryl methyl sites for hydroxylation is 1. The van der Waals surface area contributed by atoms with Crippen LogP contribution in [0.15, 0.2) is 67.7 Å². The number of carbonyl (C=O) groups is 1. The first-order valence-corrected chi connectivity index (χ1v) is 11.0. The number of amides is 1. The zero-order chi connectivity index (χ0) is 21.5. The van der Waals surface area contributed by atoms with Gasteiger partial charge in [0, 0.05) is 16.6 Å². The third-order valence-electron chi connectivity index (χ3n) is 4.06. The molecule has 0 aliphatic carbocycles. The lowest BCUT2D eigenvalue weighted by atomic mass is 10.2. The molecular weight excluding hydrogens is 466 g/mol. The van der Waals surface area contributed by atoms with E-state index in [2.05, 4.69) is 43.2 Å². The Morgan fingerprint density at radius 3 is 2.73 bits per heavy atom. The fourth-order valence-corrected chi connectivity index (χ4v) is 3.59. The van der Waals surface area contributed by atoms with Crippen molar-refractivity contribution in [2.45, 2.75) is 32.0 Å². The number of benzene rings is 1. The Bertz CT molecular complexity index is 1060. The molecular formula is C21H22BrN5O2S. The molecule has 0 aliphatic heterocycles. The maximum atomic E-state index is 12.2. The fourth-order valence-electron chi connectivity index (χ4n) is 2.57. The van der Waals surface area contributed by atoms with Crippen LogP contribution in [0.25, 0.3) is 11.4 Å². The molecule has 0 bridgehead atoms. The van der Waals surface area contributed by atoms with E-state index in [0.717, 1.165) is 33.6 Å². The molecule has 3 aromatic rings. The van der Waals surface area contributed by atoms with Crippen LogP contribution in [0.3, 0.4) is 0 Å². The number of hydrazone groups is 1. The van der Waals surface area contributed by atoms with Gasteiger partial charge >= 0.3 is 0 Å². The number of halogens is 1. The van der Waals surface area contributed by atoms with Gasteiger partial charge in [-0.1, -0.05) is 45.4 Å². The average molecular weight is 488 g/mol. The van der Waals surface area contributed by atoms with E-state index in [1.165, 1.54) is 18.0 Å². The van der Waals surface area contributed by atoms with Crippen molar-refractivity contribution in [2.24, 2.45) is 5.10 Å². The number of rotatable bonds is 9. The lowest BCUT2D eigenvalue weighted by molar-refractivity contribution is -0.118.